The number of benzene rings is 1. The first kappa shape index (κ1) is 19.1. The minimum Gasteiger partial charge on any atom is -0.307 e. The lowest BCUT2D eigenvalue weighted by Crippen LogP contribution is -2.53. The maximum absolute atomic E-state index is 13.1. The van der Waals surface area contributed by atoms with Crippen molar-refractivity contribution in [2.45, 2.75) is 56.5 Å². The molecule has 1 atom stereocenters. The zero-order valence-corrected chi connectivity index (χ0v) is 17.0. The molecule has 28 heavy (non-hydrogen) atoms. The molecule has 2 heterocycles. The third-order valence-corrected chi connectivity index (χ3v) is 7.15. The largest absolute Gasteiger partial charge is 0.307 e. The number of sulfonamides is 1. The van der Waals surface area contributed by atoms with E-state index in [0.29, 0.717) is 24.6 Å². The second-order valence-electron chi connectivity index (χ2n) is 7.99. The molecule has 4 rings (SSSR count). The van der Waals surface area contributed by atoms with Gasteiger partial charge in [-0.3, -0.25) is 19.5 Å². The van der Waals surface area contributed by atoms with Gasteiger partial charge in [0.25, 0.3) is 5.91 Å². The number of carbonyl (C=O) groups is 2. The fourth-order valence-electron chi connectivity index (χ4n) is 3.53. The summed E-state index contributed by atoms with van der Waals surface area (Å²) in [7, 11) is -3.73. The molecule has 2 aliphatic heterocycles. The first-order chi connectivity index (χ1) is 13.1. The number of carbonyl (C=O) groups excluding carboxylic acids is 2. The quantitative estimate of drug-likeness (QED) is 0.775. The number of rotatable bonds is 6. The van der Waals surface area contributed by atoms with E-state index in [4.69, 9.17) is 0 Å². The first-order valence-electron chi connectivity index (χ1n) is 9.50. The smallest absolute Gasteiger partial charge is 0.263 e. The minimum atomic E-state index is -3.73. The summed E-state index contributed by atoms with van der Waals surface area (Å²) in [6.07, 6.45) is 1.92. The molecule has 1 aromatic carbocycles. The van der Waals surface area contributed by atoms with Gasteiger partial charge >= 0.3 is 0 Å². The molecule has 9 heteroatoms. The fourth-order valence-corrected chi connectivity index (χ4v) is 5.02. The fraction of sp³-hybridized carbons (Fsp3) is 0.526. The molecule has 1 saturated carbocycles. The minimum absolute atomic E-state index is 0.0204. The van der Waals surface area contributed by atoms with Crippen molar-refractivity contribution in [3.05, 3.63) is 23.8 Å². The van der Waals surface area contributed by atoms with Crippen LogP contribution < -0.4 is 9.62 Å². The molecular formula is C19H24N4O4S. The highest BCUT2D eigenvalue weighted by molar-refractivity contribution is 7.89. The number of ketones is 1. The van der Waals surface area contributed by atoms with E-state index in [1.165, 1.54) is 17.0 Å². The second kappa shape index (κ2) is 6.38. The van der Waals surface area contributed by atoms with Crippen molar-refractivity contribution in [1.82, 2.24) is 9.62 Å². The number of hydrogen-bond donors (Lipinski definition) is 1. The van der Waals surface area contributed by atoms with Crippen molar-refractivity contribution in [2.24, 2.45) is 4.99 Å². The average molecular weight is 404 g/mol. The van der Waals surface area contributed by atoms with Gasteiger partial charge in [-0.1, -0.05) is 6.92 Å². The molecule has 1 N–H and O–H groups in total. The molecule has 1 aliphatic carbocycles. The molecule has 8 nitrogen and oxygen atoms in total. The standard InChI is InChI=1S/C19H24N4O4S/c1-4-13(24)11-22-17(25)15-9-14(28(26,27)21-19(3)7-8-19)5-6-16(15)23-12(2)10-20-18(22)23/h5-6,9,12,21H,4,7-8,10-11H2,1-3H3/t12-/m1/s1. The molecule has 0 aromatic heterocycles. The van der Waals surface area contributed by atoms with Gasteiger partial charge in [0.15, 0.2) is 5.78 Å². The SMILES string of the molecule is CCC(=O)CN1C(=O)c2cc(S(=O)(=O)NC3(C)CC3)ccc2N2C1=NC[C@H]2C. The van der Waals surface area contributed by atoms with Crippen LogP contribution in [0.4, 0.5) is 5.69 Å². The molecular weight excluding hydrogens is 380 g/mol. The number of nitrogens with one attached hydrogen (secondary N) is 1. The zero-order chi connectivity index (χ0) is 20.3. The van der Waals surface area contributed by atoms with E-state index in [1.54, 1.807) is 13.0 Å². The predicted molar refractivity (Wildman–Crippen MR) is 105 cm³/mol. The van der Waals surface area contributed by atoms with E-state index in [0.717, 1.165) is 12.8 Å². The van der Waals surface area contributed by atoms with Crippen molar-refractivity contribution in [3.8, 4) is 0 Å². The van der Waals surface area contributed by atoms with Gasteiger partial charge in [0.05, 0.1) is 35.3 Å². The molecule has 0 bridgehead atoms. The van der Waals surface area contributed by atoms with Crippen LogP contribution in [0.15, 0.2) is 28.1 Å². The molecule has 0 radical (unpaired) electrons. The van der Waals surface area contributed by atoms with Crippen molar-refractivity contribution < 1.29 is 18.0 Å². The van der Waals surface area contributed by atoms with Crippen LogP contribution in [0.5, 0.6) is 0 Å². The van der Waals surface area contributed by atoms with Crippen LogP contribution in [-0.2, 0) is 14.8 Å². The molecule has 0 unspecified atom stereocenters. The van der Waals surface area contributed by atoms with Crippen LogP contribution in [-0.4, -0.2) is 55.6 Å². The van der Waals surface area contributed by atoms with Crippen LogP contribution in [0, 0.1) is 0 Å². The van der Waals surface area contributed by atoms with E-state index in [9.17, 15) is 18.0 Å². The van der Waals surface area contributed by atoms with Crippen LogP contribution >= 0.6 is 0 Å². The summed E-state index contributed by atoms with van der Waals surface area (Å²) in [4.78, 5) is 32.9. The van der Waals surface area contributed by atoms with Gasteiger partial charge in [-0.25, -0.2) is 13.1 Å². The number of aliphatic imine (C=N–C) groups is 1. The number of hydrogen-bond acceptors (Lipinski definition) is 6. The van der Waals surface area contributed by atoms with Gasteiger partial charge in [-0.05, 0) is 44.9 Å². The van der Waals surface area contributed by atoms with E-state index < -0.39 is 21.5 Å². The van der Waals surface area contributed by atoms with Crippen molar-refractivity contribution in [3.63, 3.8) is 0 Å². The first-order valence-corrected chi connectivity index (χ1v) is 11.0. The monoisotopic (exact) mass is 404 g/mol. The van der Waals surface area contributed by atoms with Crippen molar-refractivity contribution in [2.75, 3.05) is 18.0 Å². The molecule has 0 spiro atoms. The Morgan fingerprint density at radius 3 is 2.71 bits per heavy atom. The average Bonchev–Trinajstić information content (AvgIpc) is 3.23. The zero-order valence-electron chi connectivity index (χ0n) is 16.2. The van der Waals surface area contributed by atoms with E-state index in [1.807, 2.05) is 18.7 Å². The van der Waals surface area contributed by atoms with E-state index >= 15 is 0 Å². The van der Waals surface area contributed by atoms with E-state index in [-0.39, 0.29) is 28.8 Å². The number of guanidine groups is 1. The number of anilines is 1. The summed E-state index contributed by atoms with van der Waals surface area (Å²) in [5.41, 5.74) is 0.507. The maximum Gasteiger partial charge on any atom is 0.263 e. The van der Waals surface area contributed by atoms with Crippen LogP contribution in [0.3, 0.4) is 0 Å². The highest BCUT2D eigenvalue weighted by Gasteiger charge is 2.43. The third kappa shape index (κ3) is 3.12. The van der Waals surface area contributed by atoms with E-state index in [2.05, 4.69) is 9.71 Å². The lowest BCUT2D eigenvalue weighted by atomic mass is 10.1. The van der Waals surface area contributed by atoms with Crippen molar-refractivity contribution in [1.29, 1.82) is 0 Å². The highest BCUT2D eigenvalue weighted by atomic mass is 32.2. The third-order valence-electron chi connectivity index (χ3n) is 5.52. The Labute approximate surface area is 164 Å². The van der Waals surface area contributed by atoms with Gasteiger partial charge in [-0.2, -0.15) is 0 Å². The summed E-state index contributed by atoms with van der Waals surface area (Å²) in [5.74, 6) is -0.00675. The Balaban J connectivity index is 1.76. The molecule has 1 amide bonds. The molecule has 1 fully saturated rings. The predicted octanol–water partition coefficient (Wildman–Crippen LogP) is 1.52. The normalized spacial score (nSPS) is 22.6. The molecule has 150 valence electrons. The summed E-state index contributed by atoms with van der Waals surface area (Å²) in [6, 6.07) is 4.62. The molecule has 3 aliphatic rings. The van der Waals surface area contributed by atoms with Gasteiger partial charge in [0.1, 0.15) is 0 Å². The van der Waals surface area contributed by atoms with Crippen LogP contribution in [0.1, 0.15) is 50.4 Å². The van der Waals surface area contributed by atoms with Gasteiger partial charge < -0.3 is 4.90 Å². The van der Waals surface area contributed by atoms with Crippen LogP contribution in [0.25, 0.3) is 0 Å². The Bertz CT molecular complexity index is 997. The van der Waals surface area contributed by atoms with Gasteiger partial charge in [0, 0.05) is 12.0 Å². The second-order valence-corrected chi connectivity index (χ2v) is 9.67. The number of fused-ring (bicyclic) bond motifs is 3. The number of Topliss-reactive ketones (excluding diaryl/α,β-unsaturated/α-hetero) is 1. The van der Waals surface area contributed by atoms with Gasteiger partial charge in [-0.15, -0.1) is 0 Å². The Morgan fingerprint density at radius 2 is 2.07 bits per heavy atom. The van der Waals surface area contributed by atoms with Crippen molar-refractivity contribution >= 4 is 33.4 Å². The lowest BCUT2D eigenvalue weighted by molar-refractivity contribution is -0.118. The van der Waals surface area contributed by atoms with Gasteiger partial charge in [0.2, 0.25) is 16.0 Å². The Morgan fingerprint density at radius 1 is 1.36 bits per heavy atom. The topological polar surface area (TPSA) is 99.2 Å². The lowest BCUT2D eigenvalue weighted by Gasteiger charge is -2.37. The Hall–Kier alpha value is -2.26. The Kier molecular flexibility index (Phi) is 4.35. The summed E-state index contributed by atoms with van der Waals surface area (Å²) < 4.78 is 28.2. The maximum atomic E-state index is 13.1. The molecule has 0 saturated heterocycles. The summed E-state index contributed by atoms with van der Waals surface area (Å²) in [5, 5.41) is 0. The summed E-state index contributed by atoms with van der Waals surface area (Å²) in [6.45, 7) is 6.04. The summed E-state index contributed by atoms with van der Waals surface area (Å²) >= 11 is 0. The molecule has 1 aromatic rings. The number of nitrogens with zero attached hydrogens (tertiary/aromatic N) is 3. The number of amides is 1. The highest BCUT2D eigenvalue weighted by Crippen LogP contribution is 2.38. The van der Waals surface area contributed by atoms with Crippen LogP contribution in [0.2, 0.25) is 0 Å².